The van der Waals surface area contributed by atoms with E-state index in [1.54, 1.807) is 12.1 Å². The van der Waals surface area contributed by atoms with Crippen molar-refractivity contribution < 1.29 is 14.0 Å². The van der Waals surface area contributed by atoms with E-state index in [0.29, 0.717) is 25.1 Å². The van der Waals surface area contributed by atoms with Gasteiger partial charge in [0.2, 0.25) is 5.91 Å². The molecule has 5 nitrogen and oxygen atoms in total. The van der Waals surface area contributed by atoms with Crippen molar-refractivity contribution in [3.8, 4) is 0 Å². The smallest absolute Gasteiger partial charge is 0.252 e. The lowest BCUT2D eigenvalue weighted by Gasteiger charge is -2.18. The van der Waals surface area contributed by atoms with Gasteiger partial charge in [-0.25, -0.2) is 4.39 Å². The molecular formula is C27H30FN3O2. The van der Waals surface area contributed by atoms with Gasteiger partial charge in [0.05, 0.1) is 11.1 Å². The number of hydrogen-bond donors (Lipinski definition) is 1. The van der Waals surface area contributed by atoms with E-state index in [4.69, 9.17) is 4.98 Å². The minimum absolute atomic E-state index is 0.0439. The van der Waals surface area contributed by atoms with Crippen LogP contribution in [-0.2, 0) is 11.2 Å². The molecule has 1 aliphatic rings. The quantitative estimate of drug-likeness (QED) is 0.563. The molecule has 172 valence electrons. The zero-order chi connectivity index (χ0) is 23.4. The number of aromatic nitrogens is 1. The van der Waals surface area contributed by atoms with Crippen molar-refractivity contribution in [3.63, 3.8) is 0 Å². The summed E-state index contributed by atoms with van der Waals surface area (Å²) in [6, 6.07) is 16.1. The summed E-state index contributed by atoms with van der Waals surface area (Å²) in [5.74, 6) is -0.0962. The summed E-state index contributed by atoms with van der Waals surface area (Å²) >= 11 is 0. The Labute approximate surface area is 194 Å². The maximum absolute atomic E-state index is 13.0. The average Bonchev–Trinajstić information content (AvgIpc) is 3.29. The molecule has 1 fully saturated rings. The standard InChI is InChI=1S/C27H30FN3O2/c1-18(2)29-27(33)23-16-25(30-24-8-4-3-7-22(23)24)20-14-15-31(17-20)26(32)9-5-6-19-10-12-21(28)13-11-19/h3-4,7-8,10-13,16,18,20H,5-6,9,14-15,17H2,1-2H3,(H,29,33)/t20-/m1/s1. The molecular weight excluding hydrogens is 417 g/mol. The molecule has 33 heavy (non-hydrogen) atoms. The normalized spacial score (nSPS) is 15.9. The number of carbonyl (C=O) groups is 2. The van der Waals surface area contributed by atoms with E-state index >= 15 is 0 Å². The number of nitrogens with one attached hydrogen (secondary N) is 1. The third kappa shape index (κ3) is 5.56. The van der Waals surface area contributed by atoms with Crippen molar-refractivity contribution in [1.29, 1.82) is 0 Å². The zero-order valence-corrected chi connectivity index (χ0v) is 19.2. The first-order valence-corrected chi connectivity index (χ1v) is 11.6. The monoisotopic (exact) mass is 447 g/mol. The second kappa shape index (κ2) is 10.1. The number of hydrogen-bond acceptors (Lipinski definition) is 3. The molecule has 6 heteroatoms. The fraction of sp³-hybridized carbons (Fsp3) is 0.370. The highest BCUT2D eigenvalue weighted by Gasteiger charge is 2.29. The average molecular weight is 448 g/mol. The first-order chi connectivity index (χ1) is 15.9. The summed E-state index contributed by atoms with van der Waals surface area (Å²) in [4.78, 5) is 32.3. The number of para-hydroxylation sites is 1. The fourth-order valence-corrected chi connectivity index (χ4v) is 4.41. The van der Waals surface area contributed by atoms with Gasteiger partial charge in [0, 0.05) is 42.6 Å². The number of rotatable bonds is 7. The minimum Gasteiger partial charge on any atom is -0.350 e. The van der Waals surface area contributed by atoms with E-state index in [9.17, 15) is 14.0 Å². The van der Waals surface area contributed by atoms with Crippen LogP contribution in [0.1, 0.15) is 60.6 Å². The van der Waals surface area contributed by atoms with Crippen molar-refractivity contribution in [1.82, 2.24) is 15.2 Å². The van der Waals surface area contributed by atoms with Crippen LogP contribution in [0.4, 0.5) is 4.39 Å². The highest BCUT2D eigenvalue weighted by Crippen LogP contribution is 2.30. The molecule has 0 radical (unpaired) electrons. The largest absolute Gasteiger partial charge is 0.350 e. The van der Waals surface area contributed by atoms with Crippen molar-refractivity contribution in [3.05, 3.63) is 77.2 Å². The van der Waals surface area contributed by atoms with Gasteiger partial charge in [-0.05, 0) is 62.9 Å². The van der Waals surface area contributed by atoms with Crippen LogP contribution in [0.25, 0.3) is 10.9 Å². The molecule has 0 saturated carbocycles. The molecule has 0 bridgehead atoms. The maximum atomic E-state index is 13.0. The Bertz CT molecular complexity index is 1140. The van der Waals surface area contributed by atoms with Crippen LogP contribution in [-0.4, -0.2) is 40.8 Å². The van der Waals surface area contributed by atoms with Crippen LogP contribution >= 0.6 is 0 Å². The summed E-state index contributed by atoms with van der Waals surface area (Å²) in [6.45, 7) is 5.20. The molecule has 2 amide bonds. The van der Waals surface area contributed by atoms with Crippen molar-refractivity contribution in [2.24, 2.45) is 0 Å². The summed E-state index contributed by atoms with van der Waals surface area (Å²) in [7, 11) is 0. The lowest BCUT2D eigenvalue weighted by Crippen LogP contribution is -2.30. The Morgan fingerprint density at radius 2 is 1.91 bits per heavy atom. The van der Waals surface area contributed by atoms with Gasteiger partial charge in [-0.2, -0.15) is 0 Å². The predicted molar refractivity (Wildman–Crippen MR) is 128 cm³/mol. The van der Waals surface area contributed by atoms with Gasteiger partial charge < -0.3 is 10.2 Å². The lowest BCUT2D eigenvalue weighted by molar-refractivity contribution is -0.130. The van der Waals surface area contributed by atoms with Gasteiger partial charge in [0.25, 0.3) is 5.91 Å². The maximum Gasteiger partial charge on any atom is 0.252 e. The van der Waals surface area contributed by atoms with Gasteiger partial charge in [-0.1, -0.05) is 30.3 Å². The Hall–Kier alpha value is -3.28. The highest BCUT2D eigenvalue weighted by atomic mass is 19.1. The van der Waals surface area contributed by atoms with Gasteiger partial charge in [0.15, 0.2) is 0 Å². The summed E-state index contributed by atoms with van der Waals surface area (Å²) in [5, 5.41) is 3.82. The van der Waals surface area contributed by atoms with Crippen LogP contribution in [0.3, 0.4) is 0 Å². The van der Waals surface area contributed by atoms with Crippen LogP contribution in [0, 0.1) is 5.82 Å². The fourth-order valence-electron chi connectivity index (χ4n) is 4.41. The number of likely N-dealkylation sites (tertiary alicyclic amines) is 1. The van der Waals surface area contributed by atoms with Gasteiger partial charge in [-0.15, -0.1) is 0 Å². The second-order valence-electron chi connectivity index (χ2n) is 9.05. The predicted octanol–water partition coefficient (Wildman–Crippen LogP) is 4.85. The SMILES string of the molecule is CC(C)NC(=O)c1cc([C@@H]2CCN(C(=O)CCCc3ccc(F)cc3)C2)nc2ccccc12. The number of carbonyl (C=O) groups excluding carboxylic acids is 2. The van der Waals surface area contributed by atoms with Gasteiger partial charge in [-0.3, -0.25) is 14.6 Å². The molecule has 4 rings (SSSR count). The van der Waals surface area contributed by atoms with Gasteiger partial charge in [0.1, 0.15) is 5.82 Å². The summed E-state index contributed by atoms with van der Waals surface area (Å²) in [5.41, 5.74) is 3.33. The van der Waals surface area contributed by atoms with Gasteiger partial charge >= 0.3 is 0 Å². The molecule has 1 atom stereocenters. The molecule has 0 spiro atoms. The Kier molecular flexibility index (Phi) is 7.02. The third-order valence-corrected chi connectivity index (χ3v) is 6.13. The second-order valence-corrected chi connectivity index (χ2v) is 9.05. The molecule has 1 N–H and O–H groups in total. The van der Waals surface area contributed by atoms with E-state index in [1.807, 2.05) is 49.1 Å². The van der Waals surface area contributed by atoms with Crippen molar-refractivity contribution in [2.45, 2.75) is 51.5 Å². The van der Waals surface area contributed by atoms with Crippen molar-refractivity contribution in [2.75, 3.05) is 13.1 Å². The number of benzene rings is 2. The topological polar surface area (TPSA) is 62.3 Å². The number of nitrogens with zero attached hydrogens (tertiary/aromatic N) is 2. The number of fused-ring (bicyclic) bond motifs is 1. The first kappa shape index (κ1) is 22.9. The van der Waals surface area contributed by atoms with Crippen molar-refractivity contribution >= 4 is 22.7 Å². The van der Waals surface area contributed by atoms with Crippen LogP contribution < -0.4 is 5.32 Å². The zero-order valence-electron chi connectivity index (χ0n) is 19.2. The Morgan fingerprint density at radius 1 is 1.15 bits per heavy atom. The van der Waals surface area contributed by atoms with E-state index in [1.165, 1.54) is 12.1 Å². The molecule has 0 aliphatic carbocycles. The minimum atomic E-state index is -0.245. The molecule has 3 aromatic rings. The Balaban J connectivity index is 1.42. The first-order valence-electron chi connectivity index (χ1n) is 11.6. The number of halogens is 1. The molecule has 0 unspecified atom stereocenters. The molecule has 1 aromatic heterocycles. The lowest BCUT2D eigenvalue weighted by atomic mass is 9.99. The number of amides is 2. The molecule has 1 saturated heterocycles. The molecule has 2 heterocycles. The van der Waals surface area contributed by atoms with E-state index in [2.05, 4.69) is 5.32 Å². The Morgan fingerprint density at radius 3 is 2.67 bits per heavy atom. The third-order valence-electron chi connectivity index (χ3n) is 6.13. The van der Waals surface area contributed by atoms with Crippen LogP contribution in [0.5, 0.6) is 0 Å². The van der Waals surface area contributed by atoms with E-state index < -0.39 is 0 Å². The van der Waals surface area contributed by atoms with E-state index in [0.717, 1.165) is 41.4 Å². The number of aryl methyl sites for hydroxylation is 1. The molecule has 2 aromatic carbocycles. The molecule has 1 aliphatic heterocycles. The highest BCUT2D eigenvalue weighted by molar-refractivity contribution is 6.06. The van der Waals surface area contributed by atoms with E-state index in [-0.39, 0.29) is 29.6 Å². The summed E-state index contributed by atoms with van der Waals surface area (Å²) in [6.07, 6.45) is 2.79. The summed E-state index contributed by atoms with van der Waals surface area (Å²) < 4.78 is 13.0. The number of pyridine rings is 1. The van der Waals surface area contributed by atoms with Crippen LogP contribution in [0.2, 0.25) is 0 Å². The van der Waals surface area contributed by atoms with Crippen LogP contribution in [0.15, 0.2) is 54.6 Å².